The molecule has 0 aromatic rings. The minimum absolute atomic E-state index is 0. The maximum absolute atomic E-state index is 12.7. The molecule has 0 saturated heterocycles. The lowest BCUT2D eigenvalue weighted by Crippen LogP contribution is -2.50. The average molecular weight is 317 g/mol. The van der Waals surface area contributed by atoms with Crippen molar-refractivity contribution in [2.24, 2.45) is 17.6 Å². The van der Waals surface area contributed by atoms with Gasteiger partial charge in [-0.2, -0.15) is 13.2 Å². The first-order valence-electron chi connectivity index (χ1n) is 6.88. The highest BCUT2D eigenvalue weighted by molar-refractivity contribution is 5.85. The second-order valence-electron chi connectivity index (χ2n) is 5.52. The van der Waals surface area contributed by atoms with Crippen molar-refractivity contribution in [3.05, 3.63) is 0 Å². The van der Waals surface area contributed by atoms with Gasteiger partial charge in [0.25, 0.3) is 0 Å². The van der Waals surface area contributed by atoms with Crippen LogP contribution in [0.4, 0.5) is 13.2 Å². The topological polar surface area (TPSA) is 55.1 Å². The third-order valence-electron chi connectivity index (χ3n) is 4.04. The Bertz CT molecular complexity index is 312. The van der Waals surface area contributed by atoms with E-state index in [2.05, 4.69) is 5.32 Å². The Morgan fingerprint density at radius 1 is 1.40 bits per heavy atom. The second kappa shape index (κ2) is 8.08. The Labute approximate surface area is 124 Å². The highest BCUT2D eigenvalue weighted by atomic mass is 35.5. The summed E-state index contributed by atoms with van der Waals surface area (Å²) in [5, 5.41) is 2.67. The van der Waals surface area contributed by atoms with Gasteiger partial charge in [0.15, 0.2) is 0 Å². The van der Waals surface area contributed by atoms with E-state index in [1.165, 1.54) is 0 Å². The molecule has 0 radical (unpaired) electrons. The molecule has 20 heavy (non-hydrogen) atoms. The van der Waals surface area contributed by atoms with Crippen molar-refractivity contribution >= 4 is 18.3 Å². The molecule has 0 aliphatic heterocycles. The van der Waals surface area contributed by atoms with Crippen molar-refractivity contribution in [2.45, 2.75) is 64.2 Å². The van der Waals surface area contributed by atoms with E-state index in [0.29, 0.717) is 12.8 Å². The quantitative estimate of drug-likeness (QED) is 0.837. The molecule has 7 heteroatoms. The van der Waals surface area contributed by atoms with Gasteiger partial charge in [-0.15, -0.1) is 12.4 Å². The van der Waals surface area contributed by atoms with Crippen LogP contribution in [0.25, 0.3) is 0 Å². The number of hydrogen-bond acceptors (Lipinski definition) is 2. The molecule has 0 aromatic carbocycles. The Hall–Kier alpha value is -0.490. The van der Waals surface area contributed by atoms with Gasteiger partial charge < -0.3 is 11.1 Å². The van der Waals surface area contributed by atoms with Crippen LogP contribution in [0, 0.1) is 11.8 Å². The van der Waals surface area contributed by atoms with Crippen LogP contribution in [0.2, 0.25) is 0 Å². The number of carbonyl (C=O) groups is 1. The summed E-state index contributed by atoms with van der Waals surface area (Å²) in [6.07, 6.45) is -2.17. The summed E-state index contributed by atoms with van der Waals surface area (Å²) in [4.78, 5) is 11.9. The first-order chi connectivity index (χ1) is 8.75. The lowest BCUT2D eigenvalue weighted by atomic mass is 9.85. The third kappa shape index (κ3) is 5.48. The van der Waals surface area contributed by atoms with Gasteiger partial charge in [-0.3, -0.25) is 4.79 Å². The van der Waals surface area contributed by atoms with Crippen LogP contribution < -0.4 is 11.1 Å². The van der Waals surface area contributed by atoms with Gasteiger partial charge in [0.1, 0.15) is 0 Å². The summed E-state index contributed by atoms with van der Waals surface area (Å²) in [5.41, 5.74) is 5.77. The fourth-order valence-corrected chi connectivity index (χ4v) is 2.43. The standard InChI is InChI=1S/C13H23F3N2O.ClH/c1-3-8(2)11(17)12(19)18-10-6-4-5-9(7-10)13(14,15)16;/h8-11H,3-7,17H2,1-2H3,(H,18,19);1H. The SMILES string of the molecule is CCC(C)C(N)C(=O)NC1CCCC(C(F)(F)F)C1.Cl. The average Bonchev–Trinajstić information content (AvgIpc) is 2.36. The van der Waals surface area contributed by atoms with Gasteiger partial charge >= 0.3 is 6.18 Å². The van der Waals surface area contributed by atoms with E-state index < -0.39 is 24.2 Å². The lowest BCUT2D eigenvalue weighted by Gasteiger charge is -2.32. The highest BCUT2D eigenvalue weighted by Crippen LogP contribution is 2.37. The minimum Gasteiger partial charge on any atom is -0.352 e. The molecule has 3 nitrogen and oxygen atoms in total. The monoisotopic (exact) mass is 316 g/mol. The predicted molar refractivity (Wildman–Crippen MR) is 74.6 cm³/mol. The molecule has 4 atom stereocenters. The number of carbonyl (C=O) groups excluding carboxylic acids is 1. The van der Waals surface area contributed by atoms with E-state index in [1.807, 2.05) is 13.8 Å². The summed E-state index contributed by atoms with van der Waals surface area (Å²) in [6.45, 7) is 3.79. The minimum atomic E-state index is -4.16. The van der Waals surface area contributed by atoms with Crippen molar-refractivity contribution in [1.82, 2.24) is 5.32 Å². The summed E-state index contributed by atoms with van der Waals surface area (Å²) < 4.78 is 38.0. The Balaban J connectivity index is 0.00000361. The normalized spacial score (nSPS) is 26.3. The van der Waals surface area contributed by atoms with Crippen LogP contribution in [0.15, 0.2) is 0 Å². The molecule has 1 aliphatic carbocycles. The van der Waals surface area contributed by atoms with Crippen LogP contribution >= 0.6 is 12.4 Å². The Morgan fingerprint density at radius 3 is 2.50 bits per heavy atom. The van der Waals surface area contributed by atoms with Gasteiger partial charge in [-0.25, -0.2) is 0 Å². The van der Waals surface area contributed by atoms with Crippen LogP contribution in [0.1, 0.15) is 46.0 Å². The van der Waals surface area contributed by atoms with Crippen molar-refractivity contribution in [2.75, 3.05) is 0 Å². The summed E-state index contributed by atoms with van der Waals surface area (Å²) in [6, 6.07) is -1.04. The summed E-state index contributed by atoms with van der Waals surface area (Å²) in [5.74, 6) is -1.60. The molecule has 1 rings (SSSR count). The van der Waals surface area contributed by atoms with Gasteiger partial charge in [0.05, 0.1) is 12.0 Å². The molecule has 120 valence electrons. The molecule has 1 amide bonds. The molecule has 1 aliphatic rings. The molecule has 1 saturated carbocycles. The molecule has 0 bridgehead atoms. The van der Waals surface area contributed by atoms with Crippen molar-refractivity contribution in [1.29, 1.82) is 0 Å². The Morgan fingerprint density at radius 2 is 2.00 bits per heavy atom. The zero-order valence-electron chi connectivity index (χ0n) is 11.9. The number of alkyl halides is 3. The summed E-state index contributed by atoms with van der Waals surface area (Å²) >= 11 is 0. The van der Waals surface area contributed by atoms with Crippen LogP contribution in [-0.4, -0.2) is 24.2 Å². The molecule has 0 spiro atoms. The number of rotatable bonds is 4. The van der Waals surface area contributed by atoms with E-state index in [0.717, 1.165) is 6.42 Å². The van der Waals surface area contributed by atoms with E-state index in [-0.39, 0.29) is 37.1 Å². The fourth-order valence-electron chi connectivity index (χ4n) is 2.43. The van der Waals surface area contributed by atoms with Crippen LogP contribution in [-0.2, 0) is 4.79 Å². The van der Waals surface area contributed by atoms with Crippen molar-refractivity contribution in [3.63, 3.8) is 0 Å². The predicted octanol–water partition coefficient (Wildman–Crippen LogP) is 3.02. The van der Waals surface area contributed by atoms with Gasteiger partial charge in [-0.05, 0) is 25.2 Å². The number of nitrogens with one attached hydrogen (secondary N) is 1. The number of halogens is 4. The number of hydrogen-bond donors (Lipinski definition) is 2. The zero-order valence-corrected chi connectivity index (χ0v) is 12.7. The fraction of sp³-hybridized carbons (Fsp3) is 0.923. The van der Waals surface area contributed by atoms with E-state index in [4.69, 9.17) is 5.73 Å². The second-order valence-corrected chi connectivity index (χ2v) is 5.52. The first-order valence-corrected chi connectivity index (χ1v) is 6.88. The molecular formula is C13H24ClF3N2O. The van der Waals surface area contributed by atoms with Crippen molar-refractivity contribution in [3.8, 4) is 0 Å². The molecule has 4 unspecified atom stereocenters. The van der Waals surface area contributed by atoms with Crippen LogP contribution in [0.3, 0.4) is 0 Å². The first kappa shape index (κ1) is 19.5. The van der Waals surface area contributed by atoms with Gasteiger partial charge in [-0.1, -0.05) is 26.7 Å². The summed E-state index contributed by atoms with van der Waals surface area (Å²) in [7, 11) is 0. The Kier molecular flexibility index (Phi) is 7.88. The highest BCUT2D eigenvalue weighted by Gasteiger charge is 2.42. The van der Waals surface area contributed by atoms with E-state index in [9.17, 15) is 18.0 Å². The molecule has 0 aromatic heterocycles. The van der Waals surface area contributed by atoms with Crippen LogP contribution in [0.5, 0.6) is 0 Å². The zero-order chi connectivity index (χ0) is 14.6. The van der Waals surface area contributed by atoms with Crippen molar-refractivity contribution < 1.29 is 18.0 Å². The number of nitrogens with two attached hydrogens (primary N) is 1. The molecule has 3 N–H and O–H groups in total. The maximum Gasteiger partial charge on any atom is 0.391 e. The lowest BCUT2D eigenvalue weighted by molar-refractivity contribution is -0.184. The maximum atomic E-state index is 12.7. The molecule has 1 fully saturated rings. The smallest absolute Gasteiger partial charge is 0.352 e. The van der Waals surface area contributed by atoms with Gasteiger partial charge in [0, 0.05) is 6.04 Å². The molecule has 0 heterocycles. The van der Waals surface area contributed by atoms with E-state index >= 15 is 0 Å². The van der Waals surface area contributed by atoms with Gasteiger partial charge in [0.2, 0.25) is 5.91 Å². The third-order valence-corrected chi connectivity index (χ3v) is 4.04. The largest absolute Gasteiger partial charge is 0.391 e. The molecular weight excluding hydrogens is 293 g/mol. The number of amides is 1. The van der Waals surface area contributed by atoms with E-state index in [1.54, 1.807) is 0 Å².